The number of aryl methyl sites for hydroxylation is 3. The third-order valence-corrected chi connectivity index (χ3v) is 2.82. The number of unbranched alkanes of at least 4 members (excludes halogenated alkanes) is 2. The molecule has 0 saturated carbocycles. The molecular weight excluding hydrogens is 244 g/mol. The quantitative estimate of drug-likeness (QED) is 0.587. The summed E-state index contributed by atoms with van der Waals surface area (Å²) in [5, 5.41) is 0. The summed E-state index contributed by atoms with van der Waals surface area (Å²) in [6.45, 7) is 14.4. The molecule has 0 aliphatic heterocycles. The molecule has 0 atom stereocenters. The van der Waals surface area contributed by atoms with E-state index >= 15 is 0 Å². The van der Waals surface area contributed by atoms with E-state index < -0.39 is 0 Å². The number of carbonyl (C=O) groups is 1. The molecule has 0 N–H and O–H groups in total. The molecule has 1 aromatic rings. The van der Waals surface area contributed by atoms with Gasteiger partial charge in [-0.25, -0.2) is 0 Å². The van der Waals surface area contributed by atoms with E-state index in [-0.39, 0.29) is 0 Å². The third kappa shape index (κ3) is 13.3. The van der Waals surface area contributed by atoms with Crippen molar-refractivity contribution in [1.82, 2.24) is 0 Å². The first-order chi connectivity index (χ1) is 9.49. The highest BCUT2D eigenvalue weighted by Crippen LogP contribution is 2.06. The molecule has 1 rings (SSSR count). The largest absolute Gasteiger partial charge is 0.300 e. The summed E-state index contributed by atoms with van der Waals surface area (Å²) < 4.78 is 0. The normalized spacial score (nSPS) is 8.95. The van der Waals surface area contributed by atoms with Crippen LogP contribution < -0.4 is 0 Å². The van der Waals surface area contributed by atoms with Crippen LogP contribution in [0.15, 0.2) is 18.2 Å². The third-order valence-electron chi connectivity index (χ3n) is 2.82. The van der Waals surface area contributed by atoms with E-state index in [0.717, 1.165) is 12.8 Å². The van der Waals surface area contributed by atoms with Gasteiger partial charge >= 0.3 is 0 Å². The molecule has 1 nitrogen and oxygen atoms in total. The van der Waals surface area contributed by atoms with Crippen LogP contribution in [0.3, 0.4) is 0 Å². The van der Waals surface area contributed by atoms with Crippen molar-refractivity contribution in [3.05, 3.63) is 34.9 Å². The first kappa shape index (κ1) is 21.2. The second kappa shape index (κ2) is 14.3. The Morgan fingerprint density at radius 2 is 1.25 bits per heavy atom. The molecule has 0 spiro atoms. The highest BCUT2D eigenvalue weighted by atomic mass is 16.1. The molecule has 1 heteroatoms. The van der Waals surface area contributed by atoms with E-state index in [4.69, 9.17) is 0 Å². The van der Waals surface area contributed by atoms with E-state index in [0.29, 0.717) is 12.2 Å². The topological polar surface area (TPSA) is 17.1 Å². The first-order valence-corrected chi connectivity index (χ1v) is 8.06. The summed E-state index contributed by atoms with van der Waals surface area (Å²) in [7, 11) is 0. The Hall–Kier alpha value is -1.11. The maximum atomic E-state index is 10.7. The van der Waals surface area contributed by atoms with E-state index in [9.17, 15) is 4.79 Å². The van der Waals surface area contributed by atoms with Crippen molar-refractivity contribution >= 4 is 5.78 Å². The van der Waals surface area contributed by atoms with Crippen molar-refractivity contribution in [2.45, 2.75) is 80.6 Å². The zero-order valence-corrected chi connectivity index (χ0v) is 14.7. The van der Waals surface area contributed by atoms with Crippen LogP contribution >= 0.6 is 0 Å². The van der Waals surface area contributed by atoms with Crippen molar-refractivity contribution < 1.29 is 4.79 Å². The van der Waals surface area contributed by atoms with Crippen LogP contribution in [0.4, 0.5) is 0 Å². The Morgan fingerprint density at radius 1 is 0.850 bits per heavy atom. The van der Waals surface area contributed by atoms with Crippen LogP contribution in [0.1, 0.15) is 76.5 Å². The molecule has 20 heavy (non-hydrogen) atoms. The lowest BCUT2D eigenvalue weighted by atomic mass is 10.1. The number of benzene rings is 1. The van der Waals surface area contributed by atoms with Crippen molar-refractivity contribution in [3.63, 3.8) is 0 Å². The molecule has 0 fully saturated rings. The summed E-state index contributed by atoms with van der Waals surface area (Å²) >= 11 is 0. The number of hydrogen-bond acceptors (Lipinski definition) is 1. The Balaban J connectivity index is 0. The summed E-state index contributed by atoms with van der Waals surface area (Å²) in [4.78, 5) is 10.7. The fourth-order valence-electron chi connectivity index (χ4n) is 1.95. The van der Waals surface area contributed by atoms with Gasteiger partial charge in [0, 0.05) is 12.8 Å². The summed E-state index contributed by atoms with van der Waals surface area (Å²) in [6, 6.07) is 6.56. The molecular formula is C19H34O. The molecule has 1 aromatic carbocycles. The monoisotopic (exact) mass is 278 g/mol. The van der Waals surface area contributed by atoms with Gasteiger partial charge in [0.15, 0.2) is 0 Å². The van der Waals surface area contributed by atoms with Crippen LogP contribution in [-0.4, -0.2) is 5.78 Å². The number of carbonyl (C=O) groups excluding carboxylic acids is 1. The second-order valence-corrected chi connectivity index (χ2v) is 5.01. The van der Waals surface area contributed by atoms with Gasteiger partial charge in [0.1, 0.15) is 5.78 Å². The van der Waals surface area contributed by atoms with Crippen LogP contribution in [0.5, 0.6) is 0 Å². The minimum Gasteiger partial charge on any atom is -0.300 e. The molecule has 0 heterocycles. The van der Waals surface area contributed by atoms with Gasteiger partial charge in [-0.2, -0.15) is 0 Å². The van der Waals surface area contributed by atoms with E-state index in [1.807, 2.05) is 20.8 Å². The van der Waals surface area contributed by atoms with Crippen LogP contribution in [-0.2, 0) is 4.79 Å². The second-order valence-electron chi connectivity index (χ2n) is 5.01. The molecule has 0 bridgehead atoms. The molecule has 0 saturated heterocycles. The molecule has 0 aromatic heterocycles. The molecule has 0 unspecified atom stereocenters. The lowest BCUT2D eigenvalue weighted by Crippen LogP contribution is -1.93. The standard InChI is InChI=1S/C9H12.C8H16O.C2H6/c1-7-4-8(2)6-9(3)5-7;1-3-5-6-7-8(9)4-2;1-2/h4-6H,1-3H3;3-7H2,1-2H3;1-2H3. The lowest BCUT2D eigenvalue weighted by Gasteiger charge is -1.96. The Morgan fingerprint density at radius 3 is 1.55 bits per heavy atom. The predicted molar refractivity (Wildman–Crippen MR) is 91.4 cm³/mol. The molecule has 0 aliphatic rings. The van der Waals surface area contributed by atoms with Gasteiger partial charge in [0.25, 0.3) is 0 Å². The molecule has 0 radical (unpaired) electrons. The number of Topliss-reactive ketones (excluding diaryl/α,β-unsaturated/α-hetero) is 1. The maximum Gasteiger partial charge on any atom is 0.132 e. The van der Waals surface area contributed by atoms with Crippen LogP contribution in [0.25, 0.3) is 0 Å². The van der Waals surface area contributed by atoms with Gasteiger partial charge in [-0.3, -0.25) is 4.79 Å². The van der Waals surface area contributed by atoms with E-state index in [2.05, 4.69) is 45.9 Å². The zero-order chi connectivity index (χ0) is 16.0. The van der Waals surface area contributed by atoms with E-state index in [1.165, 1.54) is 29.5 Å². The smallest absolute Gasteiger partial charge is 0.132 e. The Kier molecular flexibility index (Phi) is 15.2. The lowest BCUT2D eigenvalue weighted by molar-refractivity contribution is -0.118. The fraction of sp³-hybridized carbons (Fsp3) is 0.632. The van der Waals surface area contributed by atoms with E-state index in [1.54, 1.807) is 0 Å². The average molecular weight is 278 g/mol. The molecule has 0 aliphatic carbocycles. The van der Waals surface area contributed by atoms with Gasteiger partial charge < -0.3 is 0 Å². The van der Waals surface area contributed by atoms with Crippen molar-refractivity contribution in [1.29, 1.82) is 0 Å². The van der Waals surface area contributed by atoms with Gasteiger partial charge in [-0.1, -0.05) is 75.4 Å². The fourth-order valence-corrected chi connectivity index (χ4v) is 1.95. The SMILES string of the molecule is CC.CCCCCC(=O)CC.Cc1cc(C)cc(C)c1. The molecule has 0 amide bonds. The summed E-state index contributed by atoms with van der Waals surface area (Å²) in [5.74, 6) is 0.406. The Labute approximate surface area is 126 Å². The highest BCUT2D eigenvalue weighted by molar-refractivity contribution is 5.77. The number of hydrogen-bond donors (Lipinski definition) is 0. The van der Waals surface area contributed by atoms with Crippen LogP contribution in [0.2, 0.25) is 0 Å². The van der Waals surface area contributed by atoms with Crippen molar-refractivity contribution in [2.75, 3.05) is 0 Å². The van der Waals surface area contributed by atoms with Gasteiger partial charge in [-0.05, 0) is 27.2 Å². The maximum absolute atomic E-state index is 10.7. The van der Waals surface area contributed by atoms with Gasteiger partial charge in [-0.15, -0.1) is 0 Å². The summed E-state index contributed by atoms with van der Waals surface area (Å²) in [6.07, 6.45) is 5.00. The van der Waals surface area contributed by atoms with Gasteiger partial charge in [0.05, 0.1) is 0 Å². The number of rotatable bonds is 5. The molecule has 116 valence electrons. The van der Waals surface area contributed by atoms with Crippen LogP contribution in [0, 0.1) is 20.8 Å². The average Bonchev–Trinajstić information content (AvgIpc) is 2.40. The zero-order valence-electron chi connectivity index (χ0n) is 14.7. The summed E-state index contributed by atoms with van der Waals surface area (Å²) in [5.41, 5.74) is 4.06. The highest BCUT2D eigenvalue weighted by Gasteiger charge is 1.95. The predicted octanol–water partition coefficient (Wildman–Crippen LogP) is 6.18. The van der Waals surface area contributed by atoms with Crippen molar-refractivity contribution in [2.24, 2.45) is 0 Å². The number of ketones is 1. The minimum absolute atomic E-state index is 0.406. The van der Waals surface area contributed by atoms with Gasteiger partial charge in [0.2, 0.25) is 0 Å². The Bertz CT molecular complexity index is 302. The minimum atomic E-state index is 0.406. The van der Waals surface area contributed by atoms with Crippen molar-refractivity contribution in [3.8, 4) is 0 Å². The first-order valence-electron chi connectivity index (χ1n) is 8.06.